The van der Waals surface area contributed by atoms with E-state index in [0.717, 1.165) is 31.8 Å². The first-order valence-electron chi connectivity index (χ1n) is 6.95. The predicted octanol–water partition coefficient (Wildman–Crippen LogP) is 2.29. The number of hydrogen-bond donors (Lipinski definition) is 2. The largest absolute Gasteiger partial charge is 0.476 e. The molecule has 1 saturated heterocycles. The molecule has 0 aliphatic carbocycles. The maximum atomic E-state index is 5.84. The van der Waals surface area contributed by atoms with Crippen molar-refractivity contribution in [3.8, 4) is 5.88 Å². The Bertz CT molecular complexity index is 412. The van der Waals surface area contributed by atoms with Gasteiger partial charge in [0.2, 0.25) is 5.88 Å². The predicted molar refractivity (Wildman–Crippen MR) is 76.4 cm³/mol. The number of ether oxygens (including phenoxy) is 2. The van der Waals surface area contributed by atoms with Gasteiger partial charge < -0.3 is 20.5 Å². The van der Waals surface area contributed by atoms with Gasteiger partial charge in [-0.2, -0.15) is 4.98 Å². The van der Waals surface area contributed by atoms with E-state index >= 15 is 0 Å². The number of nitrogen functional groups attached to an aromatic ring is 1. The molecule has 0 radical (unpaired) electrons. The molecule has 2 heterocycles. The number of nitrogens with two attached hydrogens (primary N) is 1. The van der Waals surface area contributed by atoms with E-state index in [9.17, 15) is 0 Å². The van der Waals surface area contributed by atoms with Crippen molar-refractivity contribution in [3.05, 3.63) is 12.1 Å². The third-order valence-corrected chi connectivity index (χ3v) is 3.41. The molecule has 2 unspecified atom stereocenters. The van der Waals surface area contributed by atoms with Gasteiger partial charge in [0.05, 0.1) is 18.4 Å². The van der Waals surface area contributed by atoms with E-state index in [1.54, 1.807) is 0 Å². The normalized spacial score (nSPS) is 22.4. The van der Waals surface area contributed by atoms with Gasteiger partial charge in [-0.1, -0.05) is 6.92 Å². The molecule has 0 aromatic carbocycles. The van der Waals surface area contributed by atoms with Crippen molar-refractivity contribution >= 4 is 11.5 Å². The number of rotatable bonds is 6. The maximum Gasteiger partial charge on any atom is 0.239 e. The summed E-state index contributed by atoms with van der Waals surface area (Å²) in [6, 6.07) is 3.71. The van der Waals surface area contributed by atoms with Crippen LogP contribution >= 0.6 is 0 Å². The van der Waals surface area contributed by atoms with Gasteiger partial charge in [-0.3, -0.25) is 0 Å². The van der Waals surface area contributed by atoms with Gasteiger partial charge in [-0.15, -0.1) is 0 Å². The lowest BCUT2D eigenvalue weighted by molar-refractivity contribution is 0.108. The van der Waals surface area contributed by atoms with Crippen LogP contribution < -0.4 is 15.8 Å². The molecule has 5 nitrogen and oxygen atoms in total. The second kappa shape index (κ2) is 6.61. The summed E-state index contributed by atoms with van der Waals surface area (Å²) in [5, 5.41) is 3.33. The van der Waals surface area contributed by atoms with Crippen molar-refractivity contribution < 1.29 is 9.47 Å². The minimum absolute atomic E-state index is 0.317. The van der Waals surface area contributed by atoms with Crippen molar-refractivity contribution in [1.29, 1.82) is 0 Å². The van der Waals surface area contributed by atoms with E-state index < -0.39 is 0 Å². The average molecular weight is 265 g/mol. The highest BCUT2D eigenvalue weighted by atomic mass is 16.5. The first kappa shape index (κ1) is 13.9. The summed E-state index contributed by atoms with van der Waals surface area (Å²) in [6.07, 6.45) is 2.36. The number of nitrogens with zero attached hydrogens (tertiary/aromatic N) is 1. The van der Waals surface area contributed by atoms with Crippen molar-refractivity contribution in [1.82, 2.24) is 4.98 Å². The van der Waals surface area contributed by atoms with Crippen LogP contribution in [-0.2, 0) is 4.74 Å². The molecule has 1 aliphatic heterocycles. The Morgan fingerprint density at radius 3 is 3.05 bits per heavy atom. The summed E-state index contributed by atoms with van der Waals surface area (Å²) in [7, 11) is 0. The van der Waals surface area contributed by atoms with E-state index in [-0.39, 0.29) is 0 Å². The molecule has 0 bridgehead atoms. The molecule has 1 aliphatic rings. The van der Waals surface area contributed by atoms with Crippen LogP contribution in [0.4, 0.5) is 11.5 Å². The Hall–Kier alpha value is -1.49. The monoisotopic (exact) mass is 265 g/mol. The summed E-state index contributed by atoms with van der Waals surface area (Å²) in [5.41, 5.74) is 6.42. The molecule has 3 N–H and O–H groups in total. The minimum Gasteiger partial charge on any atom is -0.476 e. The number of anilines is 2. The number of hydrogen-bond acceptors (Lipinski definition) is 5. The second-order valence-corrected chi connectivity index (χ2v) is 4.94. The highest BCUT2D eigenvalue weighted by Gasteiger charge is 2.23. The van der Waals surface area contributed by atoms with Gasteiger partial charge in [0, 0.05) is 19.1 Å². The maximum absolute atomic E-state index is 5.84. The molecule has 1 fully saturated rings. The van der Waals surface area contributed by atoms with Crippen LogP contribution in [0.25, 0.3) is 0 Å². The third-order valence-electron chi connectivity index (χ3n) is 3.41. The fourth-order valence-electron chi connectivity index (χ4n) is 2.14. The van der Waals surface area contributed by atoms with Gasteiger partial charge in [0.1, 0.15) is 5.82 Å². The Balaban J connectivity index is 1.92. The van der Waals surface area contributed by atoms with Gasteiger partial charge in [-0.05, 0) is 31.9 Å². The van der Waals surface area contributed by atoms with Crippen LogP contribution in [0, 0.1) is 5.92 Å². The first-order chi connectivity index (χ1) is 9.20. The molecule has 19 heavy (non-hydrogen) atoms. The van der Waals surface area contributed by atoms with E-state index in [0.29, 0.717) is 30.2 Å². The molecule has 1 aromatic heterocycles. The van der Waals surface area contributed by atoms with Crippen molar-refractivity contribution in [3.63, 3.8) is 0 Å². The SMILES string of the molecule is CCCOc1nc(NCC2CCOC2C)ccc1N. The number of pyridine rings is 1. The van der Waals surface area contributed by atoms with E-state index in [1.807, 2.05) is 12.1 Å². The van der Waals surface area contributed by atoms with Crippen LogP contribution in [-0.4, -0.2) is 30.8 Å². The van der Waals surface area contributed by atoms with Crippen LogP contribution in [0.15, 0.2) is 12.1 Å². The third kappa shape index (κ3) is 3.73. The summed E-state index contributed by atoms with van der Waals surface area (Å²) >= 11 is 0. The smallest absolute Gasteiger partial charge is 0.239 e. The average Bonchev–Trinajstić information content (AvgIpc) is 2.82. The lowest BCUT2D eigenvalue weighted by atomic mass is 10.0. The van der Waals surface area contributed by atoms with E-state index in [2.05, 4.69) is 24.1 Å². The zero-order valence-corrected chi connectivity index (χ0v) is 11.7. The molecular formula is C14H23N3O2. The fraction of sp³-hybridized carbons (Fsp3) is 0.643. The minimum atomic E-state index is 0.317. The van der Waals surface area contributed by atoms with Gasteiger partial charge in [0.15, 0.2) is 0 Å². The molecule has 0 saturated carbocycles. The lowest BCUT2D eigenvalue weighted by Gasteiger charge is -2.16. The quantitative estimate of drug-likeness (QED) is 0.826. The zero-order valence-electron chi connectivity index (χ0n) is 11.7. The summed E-state index contributed by atoms with van der Waals surface area (Å²) in [4.78, 5) is 4.40. The first-order valence-corrected chi connectivity index (χ1v) is 6.95. The van der Waals surface area contributed by atoms with E-state index in [1.165, 1.54) is 0 Å². The van der Waals surface area contributed by atoms with Crippen LogP contribution in [0.5, 0.6) is 5.88 Å². The molecule has 2 rings (SSSR count). The Morgan fingerprint density at radius 2 is 2.37 bits per heavy atom. The molecule has 2 atom stereocenters. The standard InChI is InChI=1S/C14H23N3O2/c1-3-7-19-14-12(15)4-5-13(17-14)16-9-11-6-8-18-10(11)2/h4-5,10-11H,3,6-9,15H2,1-2H3,(H,16,17). The summed E-state index contributed by atoms with van der Waals surface area (Å²) < 4.78 is 11.1. The Morgan fingerprint density at radius 1 is 1.53 bits per heavy atom. The van der Waals surface area contributed by atoms with Crippen molar-refractivity contribution in [2.75, 3.05) is 30.8 Å². The molecular weight excluding hydrogens is 242 g/mol. The van der Waals surface area contributed by atoms with E-state index in [4.69, 9.17) is 15.2 Å². The summed E-state index contributed by atoms with van der Waals surface area (Å²) in [6.45, 7) is 6.53. The topological polar surface area (TPSA) is 69.4 Å². The molecule has 106 valence electrons. The van der Waals surface area contributed by atoms with Crippen LogP contribution in [0.1, 0.15) is 26.7 Å². The van der Waals surface area contributed by atoms with Crippen molar-refractivity contribution in [2.45, 2.75) is 32.8 Å². The zero-order chi connectivity index (χ0) is 13.7. The van der Waals surface area contributed by atoms with Gasteiger partial charge in [-0.25, -0.2) is 0 Å². The number of nitrogens with one attached hydrogen (secondary N) is 1. The molecule has 5 heteroatoms. The van der Waals surface area contributed by atoms with Crippen LogP contribution in [0.3, 0.4) is 0 Å². The number of aromatic nitrogens is 1. The molecule has 0 spiro atoms. The highest BCUT2D eigenvalue weighted by Crippen LogP contribution is 2.23. The summed E-state index contributed by atoms with van der Waals surface area (Å²) in [5.74, 6) is 1.86. The fourth-order valence-corrected chi connectivity index (χ4v) is 2.14. The lowest BCUT2D eigenvalue weighted by Crippen LogP contribution is -2.21. The Kier molecular flexibility index (Phi) is 4.85. The molecule has 1 aromatic rings. The molecule has 0 amide bonds. The second-order valence-electron chi connectivity index (χ2n) is 4.94. The Labute approximate surface area is 114 Å². The highest BCUT2D eigenvalue weighted by molar-refractivity contribution is 5.53. The van der Waals surface area contributed by atoms with Gasteiger partial charge in [0.25, 0.3) is 0 Å². The van der Waals surface area contributed by atoms with Crippen molar-refractivity contribution in [2.24, 2.45) is 5.92 Å². The van der Waals surface area contributed by atoms with Gasteiger partial charge >= 0.3 is 0 Å². The van der Waals surface area contributed by atoms with Crippen LogP contribution in [0.2, 0.25) is 0 Å².